The molecule has 2 unspecified atom stereocenters. The Morgan fingerprint density at radius 3 is 2.62 bits per heavy atom. The van der Waals surface area contributed by atoms with Gasteiger partial charge in [0.15, 0.2) is 0 Å². The third-order valence-corrected chi connectivity index (χ3v) is 6.72. The molecule has 0 spiro atoms. The van der Waals surface area contributed by atoms with E-state index in [9.17, 15) is 4.79 Å². The van der Waals surface area contributed by atoms with Gasteiger partial charge in [-0.2, -0.15) is 0 Å². The maximum absolute atomic E-state index is 12.0. The Kier molecular flexibility index (Phi) is 6.33. The summed E-state index contributed by atoms with van der Waals surface area (Å²) in [4.78, 5) is 12.0. The van der Waals surface area contributed by atoms with E-state index in [1.807, 2.05) is 18.2 Å². The highest BCUT2D eigenvalue weighted by molar-refractivity contribution is 5.89. The molecule has 1 aliphatic rings. The molecular formula is C30H29NO3. The van der Waals surface area contributed by atoms with E-state index in [1.54, 1.807) is 0 Å². The molecular weight excluding hydrogens is 422 g/mol. The maximum Gasteiger partial charge on any atom is 0.337 e. The fourth-order valence-corrected chi connectivity index (χ4v) is 5.04. The van der Waals surface area contributed by atoms with Crippen molar-refractivity contribution in [3.63, 3.8) is 0 Å². The van der Waals surface area contributed by atoms with Crippen LogP contribution in [0.15, 0.2) is 84.9 Å². The van der Waals surface area contributed by atoms with Crippen LogP contribution in [0.25, 0.3) is 10.8 Å². The number of hydrogen-bond acceptors (Lipinski definition) is 4. The summed E-state index contributed by atoms with van der Waals surface area (Å²) in [5, 5.41) is 6.17. The van der Waals surface area contributed by atoms with E-state index in [0.717, 1.165) is 30.8 Å². The summed E-state index contributed by atoms with van der Waals surface area (Å²) in [6, 6.07) is 29.1. The fourth-order valence-electron chi connectivity index (χ4n) is 5.04. The minimum atomic E-state index is -0.308. The fraction of sp³-hybridized carbons (Fsp3) is 0.233. The molecule has 4 heteroatoms. The van der Waals surface area contributed by atoms with Crippen molar-refractivity contribution in [2.24, 2.45) is 0 Å². The lowest BCUT2D eigenvalue weighted by molar-refractivity contribution is 0.0600. The van der Waals surface area contributed by atoms with Crippen molar-refractivity contribution in [2.45, 2.75) is 31.9 Å². The number of benzene rings is 4. The Bertz CT molecular complexity index is 1320. The van der Waals surface area contributed by atoms with Crippen molar-refractivity contribution in [1.29, 1.82) is 0 Å². The second-order valence-corrected chi connectivity index (χ2v) is 8.90. The molecule has 4 aromatic rings. The van der Waals surface area contributed by atoms with E-state index in [0.29, 0.717) is 5.56 Å². The predicted octanol–water partition coefficient (Wildman–Crippen LogP) is 6.01. The smallest absolute Gasteiger partial charge is 0.337 e. The van der Waals surface area contributed by atoms with Gasteiger partial charge in [0.25, 0.3) is 0 Å². The monoisotopic (exact) mass is 451 g/mol. The van der Waals surface area contributed by atoms with Gasteiger partial charge in [0.05, 0.1) is 12.7 Å². The van der Waals surface area contributed by atoms with Gasteiger partial charge < -0.3 is 14.8 Å². The van der Waals surface area contributed by atoms with Crippen LogP contribution in [0.1, 0.15) is 45.0 Å². The first kappa shape index (κ1) is 22.2. The summed E-state index contributed by atoms with van der Waals surface area (Å²) in [5.41, 5.74) is 5.38. The lowest BCUT2D eigenvalue weighted by Gasteiger charge is -2.33. The van der Waals surface area contributed by atoms with Crippen LogP contribution >= 0.6 is 0 Å². The van der Waals surface area contributed by atoms with Gasteiger partial charge in [-0.3, -0.25) is 0 Å². The zero-order valence-corrected chi connectivity index (χ0v) is 19.6. The molecule has 172 valence electrons. The quantitative estimate of drug-likeness (QED) is 0.365. The zero-order chi connectivity index (χ0) is 23.5. The third-order valence-electron chi connectivity index (χ3n) is 6.72. The van der Waals surface area contributed by atoms with Crippen LogP contribution in [-0.2, 0) is 11.3 Å². The summed E-state index contributed by atoms with van der Waals surface area (Å²) in [5.74, 6) is 0.839. The van der Waals surface area contributed by atoms with Crippen molar-refractivity contribution in [2.75, 3.05) is 13.7 Å². The third kappa shape index (κ3) is 4.42. The average molecular weight is 452 g/mol. The lowest BCUT2D eigenvalue weighted by Crippen LogP contribution is -2.35. The van der Waals surface area contributed by atoms with Crippen LogP contribution in [0.4, 0.5) is 0 Å². The molecule has 4 nitrogen and oxygen atoms in total. The molecule has 0 saturated heterocycles. The second-order valence-electron chi connectivity index (χ2n) is 8.90. The Morgan fingerprint density at radius 2 is 1.76 bits per heavy atom. The number of para-hydroxylation sites is 1. The molecule has 1 aliphatic heterocycles. The first-order valence-electron chi connectivity index (χ1n) is 11.8. The van der Waals surface area contributed by atoms with Gasteiger partial charge in [-0.15, -0.1) is 0 Å². The molecule has 0 saturated carbocycles. The van der Waals surface area contributed by atoms with E-state index in [-0.39, 0.29) is 18.0 Å². The van der Waals surface area contributed by atoms with Gasteiger partial charge in [-0.05, 0) is 59.0 Å². The summed E-state index contributed by atoms with van der Waals surface area (Å²) in [6.45, 7) is 3.61. The first-order chi connectivity index (χ1) is 16.6. The van der Waals surface area contributed by atoms with Gasteiger partial charge in [-0.1, -0.05) is 66.7 Å². The van der Waals surface area contributed by atoms with Crippen molar-refractivity contribution in [3.05, 3.63) is 113 Å². The number of hydrogen-bond donors (Lipinski definition) is 1. The Labute approximate surface area is 200 Å². The number of rotatable bonds is 6. The first-order valence-corrected chi connectivity index (χ1v) is 11.8. The van der Waals surface area contributed by atoms with Crippen molar-refractivity contribution in [1.82, 2.24) is 5.32 Å². The zero-order valence-electron chi connectivity index (χ0n) is 19.6. The van der Waals surface area contributed by atoms with E-state index in [2.05, 4.69) is 79.0 Å². The molecule has 4 aromatic carbocycles. The molecule has 0 amide bonds. The van der Waals surface area contributed by atoms with E-state index >= 15 is 0 Å². The van der Waals surface area contributed by atoms with Crippen LogP contribution in [0.5, 0.6) is 5.75 Å². The number of carbonyl (C=O) groups excluding carboxylic acids is 1. The highest BCUT2D eigenvalue weighted by Gasteiger charge is 2.30. The number of ether oxygens (including phenoxy) is 2. The summed E-state index contributed by atoms with van der Waals surface area (Å²) >= 11 is 0. The highest BCUT2D eigenvalue weighted by atomic mass is 16.5. The van der Waals surface area contributed by atoms with Gasteiger partial charge in [0, 0.05) is 24.6 Å². The van der Waals surface area contributed by atoms with Crippen LogP contribution < -0.4 is 10.1 Å². The molecule has 5 rings (SSSR count). The minimum absolute atomic E-state index is 0.0505. The van der Waals surface area contributed by atoms with Crippen LogP contribution in [0.3, 0.4) is 0 Å². The molecule has 2 atom stereocenters. The number of esters is 1. The van der Waals surface area contributed by atoms with Gasteiger partial charge in [0.2, 0.25) is 0 Å². The molecule has 1 heterocycles. The van der Waals surface area contributed by atoms with E-state index < -0.39 is 0 Å². The molecule has 1 N–H and O–H groups in total. The molecule has 34 heavy (non-hydrogen) atoms. The second kappa shape index (κ2) is 9.70. The van der Waals surface area contributed by atoms with Gasteiger partial charge in [0.1, 0.15) is 11.9 Å². The van der Waals surface area contributed by atoms with Crippen molar-refractivity contribution in [3.8, 4) is 5.75 Å². The lowest BCUT2D eigenvalue weighted by atomic mass is 9.82. The molecule has 0 aromatic heterocycles. The topological polar surface area (TPSA) is 47.6 Å². The SMILES string of the molecule is COC(=O)c1ccc(C2CC(CNCc3cccc4ccccc34)Oc3ccccc32)c(C)c1. The number of methoxy groups -OCH3 is 1. The summed E-state index contributed by atoms with van der Waals surface area (Å²) in [7, 11) is 1.41. The Morgan fingerprint density at radius 1 is 0.971 bits per heavy atom. The normalized spacial score (nSPS) is 17.1. The van der Waals surface area contributed by atoms with Crippen LogP contribution in [-0.4, -0.2) is 25.7 Å². The average Bonchev–Trinajstić information content (AvgIpc) is 2.88. The Balaban J connectivity index is 1.35. The van der Waals surface area contributed by atoms with E-state index in [4.69, 9.17) is 9.47 Å². The van der Waals surface area contributed by atoms with Crippen LogP contribution in [0.2, 0.25) is 0 Å². The summed E-state index contributed by atoms with van der Waals surface area (Å²) < 4.78 is 11.3. The predicted molar refractivity (Wildman–Crippen MR) is 135 cm³/mol. The largest absolute Gasteiger partial charge is 0.489 e. The maximum atomic E-state index is 12.0. The van der Waals surface area contributed by atoms with Crippen LogP contribution in [0, 0.1) is 6.92 Å². The number of carbonyl (C=O) groups is 1. The molecule has 0 fully saturated rings. The molecule has 0 radical (unpaired) electrons. The Hall–Kier alpha value is -3.63. The summed E-state index contributed by atoms with van der Waals surface area (Å²) in [6.07, 6.45) is 0.923. The number of fused-ring (bicyclic) bond motifs is 2. The van der Waals surface area contributed by atoms with Crippen molar-refractivity contribution >= 4 is 16.7 Å². The standard InChI is InChI=1S/C30H29NO3/c1-20-16-22(30(32)33-2)14-15-25(20)28-17-24(34-29-13-6-5-12-27(28)29)19-31-18-23-10-7-9-21-8-3-4-11-26(21)23/h3-16,24,28,31H,17-19H2,1-2H3. The number of aryl methyl sites for hydroxylation is 1. The molecule has 0 aliphatic carbocycles. The number of nitrogens with one attached hydrogen (secondary N) is 1. The minimum Gasteiger partial charge on any atom is -0.489 e. The van der Waals surface area contributed by atoms with Crippen molar-refractivity contribution < 1.29 is 14.3 Å². The van der Waals surface area contributed by atoms with Gasteiger partial charge >= 0.3 is 5.97 Å². The molecule has 0 bridgehead atoms. The van der Waals surface area contributed by atoms with E-state index in [1.165, 1.54) is 34.6 Å². The van der Waals surface area contributed by atoms with Gasteiger partial charge in [-0.25, -0.2) is 4.79 Å². The highest BCUT2D eigenvalue weighted by Crippen LogP contribution is 2.41.